The third-order valence-electron chi connectivity index (χ3n) is 3.26. The number of rotatable bonds is 2. The quantitative estimate of drug-likeness (QED) is 0.841. The predicted molar refractivity (Wildman–Crippen MR) is 82.0 cm³/mol. The number of carbonyl (C=O) groups excluding carboxylic acids is 1. The lowest BCUT2D eigenvalue weighted by atomic mass is 10.1. The van der Waals surface area contributed by atoms with Crippen molar-refractivity contribution < 1.29 is 9.53 Å². The number of nitrogens with zero attached hydrogens (tertiary/aromatic N) is 2. The van der Waals surface area contributed by atoms with Crippen molar-refractivity contribution in [2.45, 2.75) is 6.54 Å². The molecule has 5 heteroatoms. The lowest BCUT2D eigenvalue weighted by Gasteiger charge is -2.29. The first-order chi connectivity index (χ1) is 10.2. The standard InChI is InChI=1S/C16H11BrN2O2/c17-13-4-5-15-14(7-13)19(16(20)10-21-15)9-12-3-1-2-11(6-12)8-18/h1-7H,9-10H2. The van der Waals surface area contributed by atoms with Crippen LogP contribution in [0.5, 0.6) is 5.75 Å². The Kier molecular flexibility index (Phi) is 3.63. The summed E-state index contributed by atoms with van der Waals surface area (Å²) < 4.78 is 6.32. The number of anilines is 1. The van der Waals surface area contributed by atoms with E-state index in [2.05, 4.69) is 22.0 Å². The highest BCUT2D eigenvalue weighted by atomic mass is 79.9. The average molecular weight is 343 g/mol. The second kappa shape index (κ2) is 5.58. The monoisotopic (exact) mass is 342 g/mol. The van der Waals surface area contributed by atoms with Crippen molar-refractivity contribution in [1.82, 2.24) is 0 Å². The van der Waals surface area contributed by atoms with Gasteiger partial charge in [-0.1, -0.05) is 28.1 Å². The third-order valence-corrected chi connectivity index (χ3v) is 3.75. The van der Waals surface area contributed by atoms with Crippen molar-refractivity contribution in [2.24, 2.45) is 0 Å². The van der Waals surface area contributed by atoms with Crippen LogP contribution in [0.3, 0.4) is 0 Å². The van der Waals surface area contributed by atoms with Crippen molar-refractivity contribution >= 4 is 27.5 Å². The minimum absolute atomic E-state index is 0.0343. The van der Waals surface area contributed by atoms with E-state index in [1.807, 2.05) is 30.3 Å². The molecule has 1 heterocycles. The first-order valence-electron chi connectivity index (χ1n) is 6.39. The van der Waals surface area contributed by atoms with E-state index < -0.39 is 0 Å². The van der Waals surface area contributed by atoms with Gasteiger partial charge in [-0.3, -0.25) is 4.79 Å². The molecule has 4 nitrogen and oxygen atoms in total. The zero-order valence-corrected chi connectivity index (χ0v) is 12.6. The molecule has 0 atom stereocenters. The van der Waals surface area contributed by atoms with E-state index >= 15 is 0 Å². The number of hydrogen-bond donors (Lipinski definition) is 0. The van der Waals surface area contributed by atoms with E-state index in [1.165, 1.54) is 0 Å². The summed E-state index contributed by atoms with van der Waals surface area (Å²) >= 11 is 3.41. The minimum atomic E-state index is -0.0945. The summed E-state index contributed by atoms with van der Waals surface area (Å²) in [6, 6.07) is 14.9. The van der Waals surface area contributed by atoms with Crippen LogP contribution in [-0.2, 0) is 11.3 Å². The molecule has 0 spiro atoms. The van der Waals surface area contributed by atoms with Crippen molar-refractivity contribution in [1.29, 1.82) is 5.26 Å². The fraction of sp³-hybridized carbons (Fsp3) is 0.125. The van der Waals surface area contributed by atoms with Gasteiger partial charge in [-0.05, 0) is 35.9 Å². The zero-order valence-electron chi connectivity index (χ0n) is 11.0. The lowest BCUT2D eigenvalue weighted by Crippen LogP contribution is -2.38. The zero-order chi connectivity index (χ0) is 14.8. The molecule has 2 aromatic rings. The highest BCUT2D eigenvalue weighted by Gasteiger charge is 2.25. The van der Waals surface area contributed by atoms with Crippen LogP contribution in [0.15, 0.2) is 46.9 Å². The number of ether oxygens (including phenoxy) is 1. The number of benzene rings is 2. The van der Waals surface area contributed by atoms with Gasteiger partial charge in [0.1, 0.15) is 5.75 Å². The third kappa shape index (κ3) is 2.76. The summed E-state index contributed by atoms with van der Waals surface area (Å²) in [4.78, 5) is 13.8. The maximum absolute atomic E-state index is 12.1. The largest absolute Gasteiger partial charge is 0.482 e. The van der Waals surface area contributed by atoms with Crippen molar-refractivity contribution in [3.63, 3.8) is 0 Å². The highest BCUT2D eigenvalue weighted by molar-refractivity contribution is 9.10. The molecule has 0 N–H and O–H groups in total. The molecular formula is C16H11BrN2O2. The fourth-order valence-electron chi connectivity index (χ4n) is 2.27. The van der Waals surface area contributed by atoms with Crippen LogP contribution in [0.2, 0.25) is 0 Å². The molecule has 0 aliphatic carbocycles. The Morgan fingerprint density at radius 1 is 1.29 bits per heavy atom. The molecule has 0 aromatic heterocycles. The number of amides is 1. The molecule has 104 valence electrons. The van der Waals surface area contributed by atoms with Crippen LogP contribution >= 0.6 is 15.9 Å². The predicted octanol–water partition coefficient (Wildman–Crippen LogP) is 3.25. The van der Waals surface area contributed by atoms with Crippen LogP contribution in [0, 0.1) is 11.3 Å². The van der Waals surface area contributed by atoms with Crippen molar-refractivity contribution in [3.8, 4) is 11.8 Å². The number of nitriles is 1. The molecule has 0 fully saturated rings. The number of fused-ring (bicyclic) bond motifs is 1. The van der Waals surface area contributed by atoms with Gasteiger partial charge in [-0.15, -0.1) is 0 Å². The maximum atomic E-state index is 12.1. The van der Waals surface area contributed by atoms with Gasteiger partial charge in [0.2, 0.25) is 0 Å². The Hall–Kier alpha value is -2.32. The van der Waals surface area contributed by atoms with E-state index in [9.17, 15) is 4.79 Å². The number of halogens is 1. The van der Waals surface area contributed by atoms with Gasteiger partial charge in [-0.25, -0.2) is 0 Å². The summed E-state index contributed by atoms with van der Waals surface area (Å²) in [5.41, 5.74) is 2.24. The lowest BCUT2D eigenvalue weighted by molar-refractivity contribution is -0.121. The van der Waals surface area contributed by atoms with Gasteiger partial charge in [0.05, 0.1) is 23.9 Å². The van der Waals surface area contributed by atoms with Crippen molar-refractivity contribution in [2.75, 3.05) is 11.5 Å². The molecule has 21 heavy (non-hydrogen) atoms. The van der Waals surface area contributed by atoms with Crippen LogP contribution in [0.25, 0.3) is 0 Å². The number of carbonyl (C=O) groups is 1. The van der Waals surface area contributed by atoms with Gasteiger partial charge in [0.15, 0.2) is 6.61 Å². The van der Waals surface area contributed by atoms with Crippen molar-refractivity contribution in [3.05, 3.63) is 58.1 Å². The molecule has 0 unspecified atom stereocenters. The van der Waals surface area contributed by atoms with E-state index in [4.69, 9.17) is 10.00 Å². The molecule has 0 bridgehead atoms. The molecule has 1 amide bonds. The highest BCUT2D eigenvalue weighted by Crippen LogP contribution is 2.35. The first-order valence-corrected chi connectivity index (χ1v) is 7.18. The van der Waals surface area contributed by atoms with Crippen LogP contribution in [-0.4, -0.2) is 12.5 Å². The van der Waals surface area contributed by atoms with E-state index in [0.717, 1.165) is 15.7 Å². The Morgan fingerprint density at radius 3 is 2.95 bits per heavy atom. The van der Waals surface area contributed by atoms with Crippen LogP contribution in [0.1, 0.15) is 11.1 Å². The molecule has 2 aromatic carbocycles. The van der Waals surface area contributed by atoms with Gasteiger partial charge in [0, 0.05) is 4.47 Å². The number of hydrogen-bond acceptors (Lipinski definition) is 3. The average Bonchev–Trinajstić information content (AvgIpc) is 2.50. The topological polar surface area (TPSA) is 53.3 Å². The second-order valence-corrected chi connectivity index (χ2v) is 5.61. The molecule has 0 saturated carbocycles. The molecular weight excluding hydrogens is 332 g/mol. The molecule has 0 saturated heterocycles. The Balaban J connectivity index is 1.96. The summed E-state index contributed by atoms with van der Waals surface area (Å²) in [5, 5.41) is 8.96. The fourth-order valence-corrected chi connectivity index (χ4v) is 2.62. The molecule has 3 rings (SSSR count). The summed E-state index contributed by atoms with van der Waals surface area (Å²) in [6.45, 7) is 0.452. The maximum Gasteiger partial charge on any atom is 0.265 e. The molecule has 0 radical (unpaired) electrons. The van der Waals surface area contributed by atoms with E-state index in [0.29, 0.717) is 17.9 Å². The summed E-state index contributed by atoms with van der Waals surface area (Å²) in [6.07, 6.45) is 0. The normalized spacial score (nSPS) is 13.3. The first kappa shape index (κ1) is 13.7. The van der Waals surface area contributed by atoms with Gasteiger partial charge in [0.25, 0.3) is 5.91 Å². The Labute approximate surface area is 130 Å². The molecule has 1 aliphatic heterocycles. The van der Waals surface area contributed by atoms with Crippen LogP contribution < -0.4 is 9.64 Å². The smallest absolute Gasteiger partial charge is 0.265 e. The Morgan fingerprint density at radius 2 is 2.14 bits per heavy atom. The SMILES string of the molecule is N#Cc1cccc(CN2C(=O)COc3ccc(Br)cc32)c1. The summed E-state index contributed by atoms with van der Waals surface area (Å²) in [5.74, 6) is 0.595. The van der Waals surface area contributed by atoms with E-state index in [1.54, 1.807) is 17.0 Å². The Bertz CT molecular complexity index is 752. The molecule has 1 aliphatic rings. The van der Waals surface area contributed by atoms with Gasteiger partial charge >= 0.3 is 0 Å². The minimum Gasteiger partial charge on any atom is -0.482 e. The second-order valence-electron chi connectivity index (χ2n) is 4.69. The van der Waals surface area contributed by atoms with Gasteiger partial charge in [-0.2, -0.15) is 5.26 Å². The van der Waals surface area contributed by atoms with Gasteiger partial charge < -0.3 is 9.64 Å². The van der Waals surface area contributed by atoms with Crippen LogP contribution in [0.4, 0.5) is 5.69 Å². The summed E-state index contributed by atoms with van der Waals surface area (Å²) in [7, 11) is 0. The van der Waals surface area contributed by atoms with E-state index in [-0.39, 0.29) is 12.5 Å².